The number of benzene rings is 1. The lowest BCUT2D eigenvalue weighted by Gasteiger charge is -2.20. The molecule has 1 saturated carbocycles. The summed E-state index contributed by atoms with van der Waals surface area (Å²) >= 11 is 0. The molecule has 2 aromatic rings. The maximum absolute atomic E-state index is 13.1. The van der Waals surface area contributed by atoms with E-state index in [2.05, 4.69) is 22.6 Å². The highest BCUT2D eigenvalue weighted by Gasteiger charge is 2.29. The van der Waals surface area contributed by atoms with Crippen molar-refractivity contribution in [3.8, 4) is 5.69 Å². The van der Waals surface area contributed by atoms with E-state index in [0.717, 1.165) is 6.42 Å². The van der Waals surface area contributed by atoms with E-state index in [4.69, 9.17) is 0 Å². The lowest BCUT2D eigenvalue weighted by molar-refractivity contribution is 0.0920. The first kappa shape index (κ1) is 17.6. The Morgan fingerprint density at radius 3 is 2.80 bits per heavy atom. The molecule has 134 valence electrons. The van der Waals surface area contributed by atoms with Crippen LogP contribution in [0.3, 0.4) is 0 Å². The van der Waals surface area contributed by atoms with Crippen molar-refractivity contribution < 1.29 is 9.18 Å². The molecule has 6 heteroatoms. The van der Waals surface area contributed by atoms with Crippen LogP contribution in [-0.4, -0.2) is 26.9 Å². The summed E-state index contributed by atoms with van der Waals surface area (Å²) in [7, 11) is 0. The highest BCUT2D eigenvalue weighted by molar-refractivity contribution is 5.93. The van der Waals surface area contributed by atoms with Gasteiger partial charge >= 0.3 is 0 Å². The molecule has 2 atom stereocenters. The van der Waals surface area contributed by atoms with E-state index < -0.39 is 0 Å². The van der Waals surface area contributed by atoms with Crippen molar-refractivity contribution in [1.82, 2.24) is 20.3 Å². The van der Waals surface area contributed by atoms with Crippen molar-refractivity contribution in [3.05, 3.63) is 41.5 Å². The van der Waals surface area contributed by atoms with Gasteiger partial charge in [-0.25, -0.2) is 9.07 Å². The Labute approximate surface area is 147 Å². The molecule has 5 nitrogen and oxygen atoms in total. The molecule has 25 heavy (non-hydrogen) atoms. The number of carbonyl (C=O) groups excluding carboxylic acids is 1. The number of nitrogens with zero attached hydrogens (tertiary/aromatic N) is 3. The Bertz CT molecular complexity index is 726. The average molecular weight is 344 g/mol. The molecule has 0 bridgehead atoms. The minimum Gasteiger partial charge on any atom is -0.348 e. The van der Waals surface area contributed by atoms with Crippen molar-refractivity contribution in [1.29, 1.82) is 0 Å². The van der Waals surface area contributed by atoms with E-state index in [1.807, 2.05) is 6.92 Å². The van der Waals surface area contributed by atoms with Crippen molar-refractivity contribution in [2.45, 2.75) is 58.4 Å². The first-order chi connectivity index (χ1) is 12.1. The van der Waals surface area contributed by atoms with Crippen LogP contribution in [-0.2, 0) is 0 Å². The van der Waals surface area contributed by atoms with E-state index in [1.165, 1.54) is 44.2 Å². The molecule has 1 aromatic heterocycles. The third kappa shape index (κ3) is 3.89. The summed E-state index contributed by atoms with van der Waals surface area (Å²) in [5.41, 5.74) is 1.69. The van der Waals surface area contributed by atoms with Gasteiger partial charge in [0.25, 0.3) is 5.91 Å². The molecule has 1 N–H and O–H groups in total. The van der Waals surface area contributed by atoms with E-state index in [-0.39, 0.29) is 17.8 Å². The summed E-state index contributed by atoms with van der Waals surface area (Å²) in [4.78, 5) is 12.7. The topological polar surface area (TPSA) is 59.8 Å². The Morgan fingerprint density at radius 1 is 1.32 bits per heavy atom. The minimum absolute atomic E-state index is 0.167. The molecule has 1 aliphatic carbocycles. The SMILES string of the molecule is CCCCC1CCCC1NC(=O)c1nnn(-c2ccc(F)cc2)c1C. The molecule has 1 fully saturated rings. The second kappa shape index (κ2) is 7.76. The van der Waals surface area contributed by atoms with Crippen LogP contribution in [0.2, 0.25) is 0 Å². The van der Waals surface area contributed by atoms with Gasteiger partial charge in [0.15, 0.2) is 5.69 Å². The van der Waals surface area contributed by atoms with Crippen LogP contribution >= 0.6 is 0 Å². The summed E-state index contributed by atoms with van der Waals surface area (Å²) in [6.07, 6.45) is 6.94. The van der Waals surface area contributed by atoms with Crippen molar-refractivity contribution in [2.75, 3.05) is 0 Å². The largest absolute Gasteiger partial charge is 0.348 e. The number of hydrogen-bond acceptors (Lipinski definition) is 3. The van der Waals surface area contributed by atoms with Crippen LogP contribution in [0.15, 0.2) is 24.3 Å². The summed E-state index contributed by atoms with van der Waals surface area (Å²) in [5, 5.41) is 11.3. The van der Waals surface area contributed by atoms with Gasteiger partial charge in [-0.15, -0.1) is 5.10 Å². The van der Waals surface area contributed by atoms with E-state index in [9.17, 15) is 9.18 Å². The zero-order chi connectivity index (χ0) is 17.8. The zero-order valence-corrected chi connectivity index (χ0v) is 14.8. The molecule has 2 unspecified atom stereocenters. The predicted molar refractivity (Wildman–Crippen MR) is 94.2 cm³/mol. The lowest BCUT2D eigenvalue weighted by Crippen LogP contribution is -2.37. The Balaban J connectivity index is 1.71. The fraction of sp³-hybridized carbons (Fsp3) is 0.526. The number of aromatic nitrogens is 3. The quantitative estimate of drug-likeness (QED) is 0.867. The van der Waals surface area contributed by atoms with Crippen LogP contribution in [0.25, 0.3) is 5.69 Å². The van der Waals surface area contributed by atoms with Crippen LogP contribution < -0.4 is 5.32 Å². The van der Waals surface area contributed by atoms with Crippen LogP contribution in [0.1, 0.15) is 61.6 Å². The third-order valence-corrected chi connectivity index (χ3v) is 5.08. The number of unbranched alkanes of at least 4 members (excludes halogenated alkanes) is 1. The van der Waals surface area contributed by atoms with Gasteiger partial charge in [-0.1, -0.05) is 31.4 Å². The monoisotopic (exact) mass is 344 g/mol. The molecule has 1 amide bonds. The smallest absolute Gasteiger partial charge is 0.273 e. The number of carbonyl (C=O) groups is 1. The fourth-order valence-corrected chi connectivity index (χ4v) is 3.64. The zero-order valence-electron chi connectivity index (χ0n) is 14.8. The van der Waals surface area contributed by atoms with Gasteiger partial charge < -0.3 is 5.32 Å². The van der Waals surface area contributed by atoms with Gasteiger partial charge in [-0.2, -0.15) is 0 Å². The Morgan fingerprint density at radius 2 is 2.08 bits per heavy atom. The molecule has 3 rings (SSSR count). The van der Waals surface area contributed by atoms with Gasteiger partial charge in [0.1, 0.15) is 5.82 Å². The first-order valence-electron chi connectivity index (χ1n) is 9.09. The molecule has 0 spiro atoms. The van der Waals surface area contributed by atoms with Crippen molar-refractivity contribution in [3.63, 3.8) is 0 Å². The fourth-order valence-electron chi connectivity index (χ4n) is 3.64. The number of rotatable bonds is 6. The molecule has 1 heterocycles. The van der Waals surface area contributed by atoms with E-state index in [1.54, 1.807) is 16.8 Å². The molecular weight excluding hydrogens is 319 g/mol. The van der Waals surface area contributed by atoms with E-state index >= 15 is 0 Å². The summed E-state index contributed by atoms with van der Waals surface area (Å²) in [6, 6.07) is 6.21. The second-order valence-electron chi connectivity index (χ2n) is 6.82. The molecule has 0 saturated heterocycles. The highest BCUT2D eigenvalue weighted by atomic mass is 19.1. The molecule has 0 radical (unpaired) electrons. The maximum atomic E-state index is 13.1. The summed E-state index contributed by atoms with van der Waals surface area (Å²) in [5.74, 6) is 0.0921. The molecule has 0 aliphatic heterocycles. The maximum Gasteiger partial charge on any atom is 0.273 e. The number of hydrogen-bond donors (Lipinski definition) is 1. The molecule has 1 aliphatic rings. The Kier molecular flexibility index (Phi) is 5.46. The average Bonchev–Trinajstić information content (AvgIpc) is 3.20. The summed E-state index contributed by atoms with van der Waals surface area (Å²) in [6.45, 7) is 4.00. The van der Waals surface area contributed by atoms with Gasteiger partial charge in [0.05, 0.1) is 11.4 Å². The second-order valence-corrected chi connectivity index (χ2v) is 6.82. The predicted octanol–water partition coefficient (Wildman–Crippen LogP) is 3.80. The number of amides is 1. The molecule has 1 aromatic carbocycles. The number of nitrogens with one attached hydrogen (secondary N) is 1. The van der Waals surface area contributed by atoms with Crippen LogP contribution in [0.5, 0.6) is 0 Å². The standard InChI is InChI=1S/C19H25FN4O/c1-3-4-6-14-7-5-8-17(14)21-19(25)18-13(2)24(23-22-18)16-11-9-15(20)10-12-16/h9-12,14,17H,3-8H2,1-2H3,(H,21,25). The first-order valence-corrected chi connectivity index (χ1v) is 9.09. The normalized spacial score (nSPS) is 20.0. The van der Waals surface area contributed by atoms with Crippen LogP contribution in [0, 0.1) is 18.7 Å². The van der Waals surface area contributed by atoms with Crippen molar-refractivity contribution in [2.24, 2.45) is 5.92 Å². The minimum atomic E-state index is -0.307. The summed E-state index contributed by atoms with van der Waals surface area (Å²) < 4.78 is 14.6. The van der Waals surface area contributed by atoms with Gasteiger partial charge in [-0.3, -0.25) is 4.79 Å². The van der Waals surface area contributed by atoms with Gasteiger partial charge in [0.2, 0.25) is 0 Å². The third-order valence-electron chi connectivity index (χ3n) is 5.08. The lowest BCUT2D eigenvalue weighted by atomic mass is 9.96. The van der Waals surface area contributed by atoms with E-state index in [0.29, 0.717) is 23.0 Å². The highest BCUT2D eigenvalue weighted by Crippen LogP contribution is 2.30. The van der Waals surface area contributed by atoms with Crippen LogP contribution in [0.4, 0.5) is 4.39 Å². The van der Waals surface area contributed by atoms with Gasteiger partial charge in [-0.05, 0) is 56.4 Å². The number of halogens is 1. The van der Waals surface area contributed by atoms with Gasteiger partial charge in [0, 0.05) is 6.04 Å². The Hall–Kier alpha value is -2.24. The molecular formula is C19H25FN4O. The van der Waals surface area contributed by atoms with Crippen molar-refractivity contribution >= 4 is 5.91 Å².